The lowest BCUT2D eigenvalue weighted by Gasteiger charge is -2.25. The average Bonchev–Trinajstić information content (AvgIpc) is 2.73. The molecule has 0 saturated heterocycles. The lowest BCUT2D eigenvalue weighted by molar-refractivity contribution is 0.0942. The number of hydrogen-bond acceptors (Lipinski definition) is 3. The summed E-state index contributed by atoms with van der Waals surface area (Å²) in [5.41, 5.74) is 5.84. The van der Waals surface area contributed by atoms with Gasteiger partial charge in [0.25, 0.3) is 0 Å². The first kappa shape index (κ1) is 19.4. The minimum Gasteiger partial charge on any atom is -0.507 e. The van der Waals surface area contributed by atoms with Gasteiger partial charge in [-0.1, -0.05) is 56.2 Å². The first-order chi connectivity index (χ1) is 14.1. The van der Waals surface area contributed by atoms with E-state index in [1.165, 1.54) is 5.56 Å². The molecule has 2 aromatic carbocycles. The Morgan fingerprint density at radius 1 is 1.03 bits per heavy atom. The summed E-state index contributed by atoms with van der Waals surface area (Å²) in [6, 6.07) is 18.2. The van der Waals surface area contributed by atoms with Crippen molar-refractivity contribution in [2.75, 3.05) is 0 Å². The van der Waals surface area contributed by atoms with Gasteiger partial charge >= 0.3 is 0 Å². The number of rotatable bonds is 6. The van der Waals surface area contributed by atoms with Crippen molar-refractivity contribution in [1.82, 2.24) is 4.98 Å². The molecule has 1 aliphatic rings. The van der Waals surface area contributed by atoms with E-state index in [4.69, 9.17) is 0 Å². The molecule has 0 saturated carbocycles. The highest BCUT2D eigenvalue weighted by atomic mass is 16.3. The number of aromatic nitrogens is 1. The smallest absolute Gasteiger partial charge is 0.167 e. The van der Waals surface area contributed by atoms with Crippen molar-refractivity contribution < 1.29 is 9.90 Å². The van der Waals surface area contributed by atoms with Gasteiger partial charge in [-0.05, 0) is 60.1 Å². The van der Waals surface area contributed by atoms with Crippen LogP contribution in [0.2, 0.25) is 0 Å². The number of fused-ring (bicyclic) bond motifs is 1. The summed E-state index contributed by atoms with van der Waals surface area (Å²) in [5.74, 6) is 0.639. The van der Waals surface area contributed by atoms with Crippen molar-refractivity contribution in [3.05, 3.63) is 83.0 Å². The van der Waals surface area contributed by atoms with E-state index in [1.54, 1.807) is 12.3 Å². The quantitative estimate of drug-likeness (QED) is 0.568. The van der Waals surface area contributed by atoms with Crippen molar-refractivity contribution in [1.29, 1.82) is 0 Å². The van der Waals surface area contributed by atoms with E-state index in [-0.39, 0.29) is 11.5 Å². The minimum absolute atomic E-state index is 0.0936. The second kappa shape index (κ2) is 8.60. The Morgan fingerprint density at radius 3 is 2.59 bits per heavy atom. The molecule has 1 atom stereocenters. The van der Waals surface area contributed by atoms with Crippen LogP contribution in [0.5, 0.6) is 5.75 Å². The van der Waals surface area contributed by atoms with Crippen LogP contribution in [0.1, 0.15) is 59.7 Å². The van der Waals surface area contributed by atoms with Crippen LogP contribution in [0.4, 0.5) is 0 Å². The molecule has 1 N–H and O–H groups in total. The number of unbranched alkanes of at least 4 members (excludes halogenated alkanes) is 1. The zero-order chi connectivity index (χ0) is 20.2. The number of nitrogens with zero attached hydrogens (tertiary/aromatic N) is 1. The van der Waals surface area contributed by atoms with Gasteiger partial charge in [0.1, 0.15) is 5.75 Å². The molecule has 1 aliphatic carbocycles. The van der Waals surface area contributed by atoms with Crippen LogP contribution >= 0.6 is 0 Å². The standard InChI is InChI=1S/C26H27NO2/c1-2-3-6-19-14-22-15-20(17-25(29)26(22)24(28)16-19)13-18-8-10-21(11-9-18)23-7-4-5-12-27-23/h4-5,7-12,15,17,19,29H,2-3,6,13-14,16H2,1H3. The Bertz CT molecular complexity index is 993. The van der Waals surface area contributed by atoms with Gasteiger partial charge < -0.3 is 5.11 Å². The van der Waals surface area contributed by atoms with Crippen molar-refractivity contribution in [3.8, 4) is 17.0 Å². The largest absolute Gasteiger partial charge is 0.507 e. The number of phenols is 1. The van der Waals surface area contributed by atoms with Crippen LogP contribution in [0, 0.1) is 5.92 Å². The van der Waals surface area contributed by atoms with E-state index in [0.29, 0.717) is 17.9 Å². The van der Waals surface area contributed by atoms with E-state index in [9.17, 15) is 9.90 Å². The third-order valence-electron chi connectivity index (χ3n) is 5.81. The fourth-order valence-corrected chi connectivity index (χ4v) is 4.34. The molecule has 148 valence electrons. The predicted molar refractivity (Wildman–Crippen MR) is 116 cm³/mol. The summed E-state index contributed by atoms with van der Waals surface area (Å²) in [6.07, 6.45) is 7.38. The number of ketones is 1. The Balaban J connectivity index is 1.54. The molecule has 29 heavy (non-hydrogen) atoms. The maximum absolute atomic E-state index is 12.6. The lowest BCUT2D eigenvalue weighted by atomic mass is 9.79. The summed E-state index contributed by atoms with van der Waals surface area (Å²) in [4.78, 5) is 16.9. The fourth-order valence-electron chi connectivity index (χ4n) is 4.34. The molecule has 3 aromatic rings. The zero-order valence-electron chi connectivity index (χ0n) is 16.9. The molecule has 4 rings (SSSR count). The van der Waals surface area contributed by atoms with Crippen LogP contribution in [-0.4, -0.2) is 15.9 Å². The van der Waals surface area contributed by atoms with Crippen molar-refractivity contribution in [2.45, 2.75) is 45.4 Å². The first-order valence-electron chi connectivity index (χ1n) is 10.5. The molecular formula is C26H27NO2. The average molecular weight is 386 g/mol. The predicted octanol–water partition coefficient (Wildman–Crippen LogP) is 5.98. The highest BCUT2D eigenvalue weighted by Gasteiger charge is 2.27. The molecule has 3 heteroatoms. The van der Waals surface area contributed by atoms with Gasteiger partial charge in [0.15, 0.2) is 5.78 Å². The molecule has 3 nitrogen and oxygen atoms in total. The highest BCUT2D eigenvalue weighted by Crippen LogP contribution is 2.35. The second-order valence-corrected chi connectivity index (χ2v) is 8.08. The Morgan fingerprint density at radius 2 is 1.86 bits per heavy atom. The third-order valence-corrected chi connectivity index (χ3v) is 5.81. The van der Waals surface area contributed by atoms with Gasteiger partial charge in [0.05, 0.1) is 11.3 Å². The molecule has 0 radical (unpaired) electrons. The van der Waals surface area contributed by atoms with Gasteiger partial charge in [-0.25, -0.2) is 0 Å². The lowest BCUT2D eigenvalue weighted by Crippen LogP contribution is -2.20. The highest BCUT2D eigenvalue weighted by molar-refractivity contribution is 6.01. The normalized spacial score (nSPS) is 15.9. The second-order valence-electron chi connectivity index (χ2n) is 8.08. The molecular weight excluding hydrogens is 358 g/mol. The van der Waals surface area contributed by atoms with Crippen LogP contribution in [0.25, 0.3) is 11.3 Å². The Labute approximate surface area is 172 Å². The summed E-state index contributed by atoms with van der Waals surface area (Å²) < 4.78 is 0. The van der Waals surface area contributed by atoms with E-state index in [0.717, 1.165) is 54.5 Å². The Hall–Kier alpha value is -2.94. The van der Waals surface area contributed by atoms with Gasteiger partial charge in [-0.3, -0.25) is 9.78 Å². The number of carbonyl (C=O) groups excluding carboxylic acids is 1. The van der Waals surface area contributed by atoms with E-state index in [2.05, 4.69) is 42.2 Å². The van der Waals surface area contributed by atoms with Crippen LogP contribution in [0.3, 0.4) is 0 Å². The molecule has 0 aliphatic heterocycles. The topological polar surface area (TPSA) is 50.2 Å². The molecule has 0 amide bonds. The molecule has 0 fully saturated rings. The van der Waals surface area contributed by atoms with Crippen LogP contribution < -0.4 is 0 Å². The molecule has 0 spiro atoms. The minimum atomic E-state index is 0.0936. The number of hydrogen-bond donors (Lipinski definition) is 1. The number of pyridine rings is 1. The maximum Gasteiger partial charge on any atom is 0.167 e. The molecule has 0 bridgehead atoms. The number of carbonyl (C=O) groups is 1. The first-order valence-corrected chi connectivity index (χ1v) is 10.5. The summed E-state index contributed by atoms with van der Waals surface area (Å²) in [5, 5.41) is 10.5. The molecule has 1 aromatic heterocycles. The zero-order valence-corrected chi connectivity index (χ0v) is 16.9. The Kier molecular flexibility index (Phi) is 5.75. The van der Waals surface area contributed by atoms with Crippen LogP contribution in [-0.2, 0) is 12.8 Å². The van der Waals surface area contributed by atoms with Gasteiger partial charge in [-0.15, -0.1) is 0 Å². The van der Waals surface area contributed by atoms with Crippen LogP contribution in [0.15, 0.2) is 60.8 Å². The maximum atomic E-state index is 12.6. The number of Topliss-reactive ketones (excluding diaryl/α,β-unsaturated/α-hetero) is 1. The summed E-state index contributed by atoms with van der Waals surface area (Å²) in [6.45, 7) is 2.18. The number of benzene rings is 2. The van der Waals surface area contributed by atoms with Gasteiger partial charge in [0.2, 0.25) is 0 Å². The summed E-state index contributed by atoms with van der Waals surface area (Å²) >= 11 is 0. The molecule has 1 unspecified atom stereocenters. The summed E-state index contributed by atoms with van der Waals surface area (Å²) in [7, 11) is 0. The SMILES string of the molecule is CCCCC1CC(=O)c2c(O)cc(Cc3ccc(-c4ccccn4)cc3)cc2C1. The van der Waals surface area contributed by atoms with Crippen molar-refractivity contribution >= 4 is 5.78 Å². The monoisotopic (exact) mass is 385 g/mol. The van der Waals surface area contributed by atoms with E-state index >= 15 is 0 Å². The number of phenolic OH excluding ortho intramolecular Hbond substituents is 1. The third kappa shape index (κ3) is 4.40. The fraction of sp³-hybridized carbons (Fsp3) is 0.308. The van der Waals surface area contributed by atoms with E-state index in [1.807, 2.05) is 18.2 Å². The molecule has 1 heterocycles. The van der Waals surface area contributed by atoms with Crippen molar-refractivity contribution in [3.63, 3.8) is 0 Å². The van der Waals surface area contributed by atoms with Gasteiger partial charge in [-0.2, -0.15) is 0 Å². The van der Waals surface area contributed by atoms with E-state index < -0.39 is 0 Å². The van der Waals surface area contributed by atoms with Crippen molar-refractivity contribution in [2.24, 2.45) is 5.92 Å². The van der Waals surface area contributed by atoms with Gasteiger partial charge in [0, 0.05) is 18.2 Å². The number of aromatic hydroxyl groups is 1.